The normalized spacial score (nSPS) is 12.1. The van der Waals surface area contributed by atoms with Gasteiger partial charge in [-0.1, -0.05) is 61.3 Å². The van der Waals surface area contributed by atoms with E-state index >= 15 is 0 Å². The maximum absolute atomic E-state index is 13.6. The first-order chi connectivity index (χ1) is 31.6. The van der Waals surface area contributed by atoms with Crippen LogP contribution in [0.15, 0.2) is 118 Å². The molecule has 2 atom stereocenters. The number of benzene rings is 5. The molecule has 0 aliphatic heterocycles. The first-order valence-corrected chi connectivity index (χ1v) is 22.6. The van der Waals surface area contributed by atoms with Crippen molar-refractivity contribution in [1.29, 1.82) is 0 Å². The molecule has 0 saturated heterocycles. The number of hydrogen-bond donors (Lipinski definition) is 4. The summed E-state index contributed by atoms with van der Waals surface area (Å²) >= 11 is 24.4. The van der Waals surface area contributed by atoms with Gasteiger partial charge in [-0.05, 0) is 135 Å². The van der Waals surface area contributed by atoms with Gasteiger partial charge in [0.2, 0.25) is 12.1 Å². The summed E-state index contributed by atoms with van der Waals surface area (Å²) in [6.45, 7) is 6.11. The Bertz CT molecular complexity index is 2530. The predicted octanol–water partition coefficient (Wildman–Crippen LogP) is 11.5. The second-order valence-electron chi connectivity index (χ2n) is 14.8. The van der Waals surface area contributed by atoms with Crippen LogP contribution < -0.4 is 21.3 Å². The minimum Gasteiger partial charge on any atom is -0.323 e. The van der Waals surface area contributed by atoms with E-state index in [2.05, 4.69) is 41.7 Å². The van der Waals surface area contributed by atoms with Crippen molar-refractivity contribution in [2.75, 3.05) is 33.0 Å². The van der Waals surface area contributed by atoms with Crippen LogP contribution in [0, 0.1) is 0 Å². The lowest BCUT2D eigenvalue weighted by Gasteiger charge is -2.20. The molecule has 66 heavy (non-hydrogen) atoms. The molecule has 2 unspecified atom stereocenters. The van der Waals surface area contributed by atoms with Crippen molar-refractivity contribution in [3.63, 3.8) is 0 Å². The Morgan fingerprint density at radius 3 is 1.27 bits per heavy atom. The van der Waals surface area contributed by atoms with E-state index in [9.17, 15) is 28.8 Å². The molecule has 0 bridgehead atoms. The number of Topliss-reactive ketones (excluding diaryl/α,β-unsaturated/α-hetero) is 2. The first kappa shape index (κ1) is 50.7. The van der Waals surface area contributed by atoms with Crippen molar-refractivity contribution in [3.05, 3.63) is 140 Å². The Morgan fingerprint density at radius 2 is 0.924 bits per heavy atom. The van der Waals surface area contributed by atoms with Gasteiger partial charge in [-0.3, -0.25) is 28.8 Å². The van der Waals surface area contributed by atoms with Crippen LogP contribution in [0.5, 0.6) is 0 Å². The predicted molar refractivity (Wildman–Crippen MR) is 261 cm³/mol. The molecule has 0 radical (unpaired) electrons. The fourth-order valence-electron chi connectivity index (χ4n) is 6.78. The number of amides is 4. The van der Waals surface area contributed by atoms with Crippen molar-refractivity contribution in [2.24, 2.45) is 20.5 Å². The van der Waals surface area contributed by atoms with Crippen LogP contribution >= 0.6 is 46.4 Å². The molecule has 0 heterocycles. The van der Waals surface area contributed by atoms with Gasteiger partial charge in [0.25, 0.3) is 23.6 Å². The number of aryl methyl sites for hydroxylation is 2. The molecule has 4 N–H and O–H groups in total. The topological polar surface area (TPSA) is 200 Å². The zero-order valence-electron chi connectivity index (χ0n) is 36.4. The summed E-state index contributed by atoms with van der Waals surface area (Å²) < 4.78 is 0. The van der Waals surface area contributed by atoms with E-state index in [0.717, 1.165) is 11.1 Å². The lowest BCUT2D eigenvalue weighted by Crippen LogP contribution is -2.33. The molecule has 5 rings (SSSR count). The van der Waals surface area contributed by atoms with Crippen LogP contribution in [-0.4, -0.2) is 59.0 Å². The number of carbonyl (C=O) groups is 6. The number of halogens is 4. The molecular weight excluding hydrogens is 926 g/mol. The number of carbonyl (C=O) groups excluding carboxylic acids is 6. The van der Waals surface area contributed by atoms with Gasteiger partial charge >= 0.3 is 0 Å². The molecular formula is C48H46Cl4N8O6. The number of nitrogens with zero attached hydrogens (tertiary/aromatic N) is 4. The Kier molecular flexibility index (Phi) is 18.6. The molecule has 4 amide bonds. The van der Waals surface area contributed by atoms with Crippen LogP contribution in [0.2, 0.25) is 10.0 Å². The van der Waals surface area contributed by atoms with Gasteiger partial charge in [-0.25, -0.2) is 0 Å². The lowest BCUT2D eigenvalue weighted by molar-refractivity contribution is -0.127. The van der Waals surface area contributed by atoms with E-state index in [1.54, 1.807) is 36.4 Å². The summed E-state index contributed by atoms with van der Waals surface area (Å²) in [6.07, 6.45) is 2.06. The lowest BCUT2D eigenvalue weighted by atomic mass is 9.98. The third-order valence-corrected chi connectivity index (χ3v) is 10.7. The van der Waals surface area contributed by atoms with Crippen molar-refractivity contribution < 1.29 is 28.8 Å². The minimum atomic E-state index is -1.56. The molecule has 0 aliphatic rings. The third kappa shape index (κ3) is 14.1. The maximum atomic E-state index is 13.6. The van der Waals surface area contributed by atoms with Gasteiger partial charge in [0.15, 0.2) is 11.6 Å². The second kappa shape index (κ2) is 24.3. The summed E-state index contributed by atoms with van der Waals surface area (Å²) in [4.78, 5) is 79.0. The maximum Gasteiger partial charge on any atom is 0.258 e. The fraction of sp³-hybridized carbons (Fsp3) is 0.250. The van der Waals surface area contributed by atoms with Gasteiger partial charge < -0.3 is 21.3 Å². The van der Waals surface area contributed by atoms with Crippen LogP contribution in [0.25, 0.3) is 0 Å². The standard InChI is InChI=1S/C48H46Cl4N8O6/c1-5-39-40(6-2)42(56-48(66)44(28(4)62)60-58-38-24-32(22-34(52)26-38)46(64)54-36-12-8-10-30(20-36)16-18-50)14-13-41(39)55-47(65)43(27(3)61)59-57-37-23-31(21-33(51)25-37)45(63)53-35-11-7-9-29(19-35)15-17-49/h7-14,19-26,43-44H,5-6,15-18H2,1-4H3,(H,53,63)(H,54,64)(H,55,65)(H,56,66). The summed E-state index contributed by atoms with van der Waals surface area (Å²) in [6, 6.07) is 23.1. The van der Waals surface area contributed by atoms with Crippen molar-refractivity contribution in [3.8, 4) is 0 Å². The molecule has 18 heteroatoms. The van der Waals surface area contributed by atoms with Crippen LogP contribution in [0.4, 0.5) is 34.1 Å². The molecule has 5 aromatic rings. The highest BCUT2D eigenvalue weighted by molar-refractivity contribution is 6.31. The molecule has 5 aromatic carbocycles. The minimum absolute atomic E-state index is 0.134. The number of rotatable bonds is 20. The average Bonchev–Trinajstić information content (AvgIpc) is 3.26. The van der Waals surface area contributed by atoms with Crippen molar-refractivity contribution in [1.82, 2.24) is 0 Å². The Labute approximate surface area is 402 Å². The number of ketones is 2. The van der Waals surface area contributed by atoms with E-state index in [-0.39, 0.29) is 32.5 Å². The number of hydrogen-bond acceptors (Lipinski definition) is 10. The number of nitrogens with one attached hydrogen (secondary N) is 4. The van der Waals surface area contributed by atoms with E-state index in [0.29, 0.717) is 71.3 Å². The highest BCUT2D eigenvalue weighted by Gasteiger charge is 2.27. The van der Waals surface area contributed by atoms with E-state index < -0.39 is 47.3 Å². The second-order valence-corrected chi connectivity index (χ2v) is 16.5. The average molecular weight is 973 g/mol. The first-order valence-electron chi connectivity index (χ1n) is 20.8. The largest absolute Gasteiger partial charge is 0.323 e. The summed E-state index contributed by atoms with van der Waals surface area (Å²) in [7, 11) is 0. The SMILES string of the molecule is CCc1c(NC(=O)C(N=Nc2cc(Cl)cc(C(=O)Nc3cccc(CCCl)c3)c2)C(C)=O)ccc(NC(=O)C(N=Nc2cc(Cl)cc(C(=O)Nc3cccc(CCCl)c3)c2)C(C)=O)c1CC. The van der Waals surface area contributed by atoms with Gasteiger partial charge in [0, 0.05) is 55.7 Å². The highest BCUT2D eigenvalue weighted by atomic mass is 35.5. The van der Waals surface area contributed by atoms with Gasteiger partial charge in [-0.15, -0.1) is 23.2 Å². The summed E-state index contributed by atoms with van der Waals surface area (Å²) in [5.41, 5.74) is 5.66. The zero-order chi connectivity index (χ0) is 47.9. The molecule has 0 spiro atoms. The molecule has 14 nitrogen and oxygen atoms in total. The number of anilines is 4. The zero-order valence-corrected chi connectivity index (χ0v) is 39.4. The van der Waals surface area contributed by atoms with Crippen LogP contribution in [-0.2, 0) is 44.9 Å². The Balaban J connectivity index is 1.29. The van der Waals surface area contributed by atoms with E-state index in [1.807, 2.05) is 38.1 Å². The molecule has 0 aromatic heterocycles. The Morgan fingerprint density at radius 1 is 0.530 bits per heavy atom. The molecule has 0 fully saturated rings. The van der Waals surface area contributed by atoms with Crippen LogP contribution in [0.3, 0.4) is 0 Å². The van der Waals surface area contributed by atoms with Crippen molar-refractivity contribution >= 4 is 116 Å². The summed E-state index contributed by atoms with van der Waals surface area (Å²) in [5.74, 6) is -2.82. The van der Waals surface area contributed by atoms with Gasteiger partial charge in [0.05, 0.1) is 11.4 Å². The van der Waals surface area contributed by atoms with Crippen LogP contribution in [0.1, 0.15) is 70.7 Å². The molecule has 0 aliphatic carbocycles. The number of azo groups is 2. The quantitative estimate of drug-likeness (QED) is 0.0340. The number of alkyl halides is 2. The monoisotopic (exact) mass is 970 g/mol. The third-order valence-electron chi connectivity index (χ3n) is 9.92. The van der Waals surface area contributed by atoms with E-state index in [1.165, 1.54) is 50.2 Å². The Hall–Kier alpha value is -6.32. The van der Waals surface area contributed by atoms with E-state index in [4.69, 9.17) is 46.4 Å². The van der Waals surface area contributed by atoms with Gasteiger partial charge in [0.1, 0.15) is 0 Å². The molecule has 342 valence electrons. The highest BCUT2D eigenvalue weighted by Crippen LogP contribution is 2.31. The molecule has 0 saturated carbocycles. The van der Waals surface area contributed by atoms with Gasteiger partial charge in [-0.2, -0.15) is 20.5 Å². The smallest absolute Gasteiger partial charge is 0.258 e. The summed E-state index contributed by atoms with van der Waals surface area (Å²) in [5, 5.41) is 27.9. The fourth-order valence-corrected chi connectivity index (χ4v) is 7.68. The van der Waals surface area contributed by atoms with Crippen molar-refractivity contribution in [2.45, 2.75) is 65.5 Å².